The summed E-state index contributed by atoms with van der Waals surface area (Å²) < 4.78 is 10.5. The summed E-state index contributed by atoms with van der Waals surface area (Å²) in [7, 11) is 0. The molecule has 2 N–H and O–H groups in total. The van der Waals surface area contributed by atoms with Gasteiger partial charge in [-0.2, -0.15) is 4.98 Å². The lowest BCUT2D eigenvalue weighted by Crippen LogP contribution is -2.19. The van der Waals surface area contributed by atoms with Crippen molar-refractivity contribution < 1.29 is 9.26 Å². The lowest BCUT2D eigenvalue weighted by atomic mass is 10.2. The van der Waals surface area contributed by atoms with Gasteiger partial charge in [0.25, 0.3) is 0 Å². The molecule has 0 radical (unpaired) electrons. The van der Waals surface area contributed by atoms with E-state index in [0.717, 1.165) is 12.8 Å². The molecule has 1 aromatic rings. The molecule has 72 valence electrons. The number of aryl methyl sites for hydroxylation is 1. The van der Waals surface area contributed by atoms with Gasteiger partial charge < -0.3 is 15.0 Å². The van der Waals surface area contributed by atoms with Crippen molar-refractivity contribution >= 4 is 0 Å². The van der Waals surface area contributed by atoms with E-state index in [0.29, 0.717) is 18.3 Å². The Morgan fingerprint density at radius 3 is 2.92 bits per heavy atom. The van der Waals surface area contributed by atoms with Crippen molar-refractivity contribution in [1.82, 2.24) is 10.1 Å². The van der Waals surface area contributed by atoms with Crippen LogP contribution in [0.25, 0.3) is 0 Å². The van der Waals surface area contributed by atoms with Crippen LogP contribution in [0.5, 0.6) is 0 Å². The van der Waals surface area contributed by atoms with Gasteiger partial charge in [0, 0.05) is 13.5 Å². The van der Waals surface area contributed by atoms with Gasteiger partial charge in [-0.15, -0.1) is 0 Å². The van der Waals surface area contributed by atoms with Gasteiger partial charge in [0.15, 0.2) is 0 Å². The molecule has 1 aliphatic heterocycles. The Morgan fingerprint density at radius 2 is 2.38 bits per heavy atom. The number of hydrogen-bond donors (Lipinski definition) is 1. The molecule has 0 aromatic carbocycles. The van der Waals surface area contributed by atoms with Crippen molar-refractivity contribution in [2.45, 2.75) is 32.0 Å². The zero-order valence-electron chi connectivity index (χ0n) is 7.56. The molecule has 0 aliphatic carbocycles. The Labute approximate surface area is 76.3 Å². The number of ether oxygens (including phenoxy) is 1. The van der Waals surface area contributed by atoms with Crippen molar-refractivity contribution in [2.24, 2.45) is 5.73 Å². The molecule has 1 fully saturated rings. The third-order valence-corrected chi connectivity index (χ3v) is 2.20. The molecule has 0 spiro atoms. The minimum Gasteiger partial charge on any atom is -0.366 e. The summed E-state index contributed by atoms with van der Waals surface area (Å²) in [5.74, 6) is 1.23. The van der Waals surface area contributed by atoms with E-state index in [2.05, 4.69) is 10.1 Å². The number of nitrogens with two attached hydrogens (primary N) is 1. The third-order valence-electron chi connectivity index (χ3n) is 2.20. The lowest BCUT2D eigenvalue weighted by Gasteiger charge is -2.07. The van der Waals surface area contributed by atoms with Crippen molar-refractivity contribution in [1.29, 1.82) is 0 Å². The van der Waals surface area contributed by atoms with E-state index in [1.54, 1.807) is 6.92 Å². The van der Waals surface area contributed by atoms with Crippen LogP contribution in [-0.2, 0) is 4.74 Å². The van der Waals surface area contributed by atoms with Crippen LogP contribution in [0.15, 0.2) is 4.52 Å². The molecular formula is C8H13N3O2. The quantitative estimate of drug-likeness (QED) is 0.725. The Kier molecular flexibility index (Phi) is 2.28. The average molecular weight is 183 g/mol. The Balaban J connectivity index is 2.03. The highest BCUT2D eigenvalue weighted by Crippen LogP contribution is 2.30. The van der Waals surface area contributed by atoms with Gasteiger partial charge in [0.2, 0.25) is 11.7 Å². The van der Waals surface area contributed by atoms with Crippen LogP contribution in [0.2, 0.25) is 0 Å². The molecule has 2 unspecified atom stereocenters. The van der Waals surface area contributed by atoms with E-state index >= 15 is 0 Å². The van der Waals surface area contributed by atoms with E-state index in [-0.39, 0.29) is 12.2 Å². The molecule has 5 heteroatoms. The predicted octanol–water partition coefficient (Wildman–Crippen LogP) is 0.557. The lowest BCUT2D eigenvalue weighted by molar-refractivity contribution is 0.0435. The largest absolute Gasteiger partial charge is 0.366 e. The molecule has 1 saturated heterocycles. The van der Waals surface area contributed by atoms with Gasteiger partial charge in [0.05, 0.1) is 6.10 Å². The summed E-state index contributed by atoms with van der Waals surface area (Å²) in [5, 5.41) is 3.81. The normalized spacial score (nSPS) is 28.2. The molecule has 0 amide bonds. The Hall–Kier alpha value is -0.940. The minimum atomic E-state index is -0.0222. The van der Waals surface area contributed by atoms with Crippen molar-refractivity contribution in [2.75, 3.05) is 6.54 Å². The fourth-order valence-corrected chi connectivity index (χ4v) is 1.51. The van der Waals surface area contributed by atoms with Crippen molar-refractivity contribution in [3.05, 3.63) is 11.7 Å². The molecule has 5 nitrogen and oxygen atoms in total. The standard InChI is InChI=1S/C8H13N3O2/c1-5-10-8(11-13-5)7-3-2-6(4-9)12-7/h6-7H,2-4,9H2,1H3. The van der Waals surface area contributed by atoms with Gasteiger partial charge in [-0.3, -0.25) is 0 Å². The van der Waals surface area contributed by atoms with Crippen LogP contribution in [0, 0.1) is 6.92 Å². The van der Waals surface area contributed by atoms with Gasteiger partial charge >= 0.3 is 0 Å². The first-order chi connectivity index (χ1) is 6.29. The maximum absolute atomic E-state index is 5.60. The smallest absolute Gasteiger partial charge is 0.223 e. The van der Waals surface area contributed by atoms with Crippen LogP contribution < -0.4 is 5.73 Å². The topological polar surface area (TPSA) is 74.2 Å². The fourth-order valence-electron chi connectivity index (χ4n) is 1.51. The monoisotopic (exact) mass is 183 g/mol. The zero-order valence-corrected chi connectivity index (χ0v) is 7.56. The number of nitrogens with zero attached hydrogens (tertiary/aromatic N) is 2. The predicted molar refractivity (Wildman–Crippen MR) is 44.9 cm³/mol. The van der Waals surface area contributed by atoms with Gasteiger partial charge in [-0.25, -0.2) is 0 Å². The minimum absolute atomic E-state index is 0.0222. The van der Waals surface area contributed by atoms with Gasteiger partial charge in [-0.05, 0) is 12.8 Å². The second kappa shape index (κ2) is 3.43. The molecule has 13 heavy (non-hydrogen) atoms. The molecule has 0 saturated carbocycles. The van der Waals surface area contributed by atoms with Crippen LogP contribution in [0.3, 0.4) is 0 Å². The summed E-state index contributed by atoms with van der Waals surface area (Å²) >= 11 is 0. The first-order valence-electron chi connectivity index (χ1n) is 4.45. The van der Waals surface area contributed by atoms with Gasteiger partial charge in [0.1, 0.15) is 6.10 Å². The van der Waals surface area contributed by atoms with E-state index in [9.17, 15) is 0 Å². The van der Waals surface area contributed by atoms with Crippen molar-refractivity contribution in [3.63, 3.8) is 0 Å². The highest BCUT2D eigenvalue weighted by Gasteiger charge is 2.28. The molecule has 2 heterocycles. The first-order valence-corrected chi connectivity index (χ1v) is 4.45. The number of aromatic nitrogens is 2. The molecule has 0 bridgehead atoms. The summed E-state index contributed by atoms with van der Waals surface area (Å²) in [6.45, 7) is 2.33. The number of hydrogen-bond acceptors (Lipinski definition) is 5. The molecule has 2 rings (SSSR count). The zero-order chi connectivity index (χ0) is 9.26. The Bertz CT molecular complexity index is 287. The SMILES string of the molecule is Cc1nc(C2CCC(CN)O2)no1. The summed E-state index contributed by atoms with van der Waals surface area (Å²) in [4.78, 5) is 4.12. The van der Waals surface area contributed by atoms with E-state index in [1.165, 1.54) is 0 Å². The maximum atomic E-state index is 5.60. The first kappa shape index (κ1) is 8.65. The van der Waals surface area contributed by atoms with E-state index in [1.807, 2.05) is 0 Å². The Morgan fingerprint density at radius 1 is 1.54 bits per heavy atom. The van der Waals surface area contributed by atoms with E-state index < -0.39 is 0 Å². The second-order valence-corrected chi connectivity index (χ2v) is 3.23. The van der Waals surface area contributed by atoms with Crippen molar-refractivity contribution in [3.8, 4) is 0 Å². The summed E-state index contributed by atoms with van der Waals surface area (Å²) in [6, 6.07) is 0. The van der Waals surface area contributed by atoms with Gasteiger partial charge in [-0.1, -0.05) is 5.16 Å². The fraction of sp³-hybridized carbons (Fsp3) is 0.750. The highest BCUT2D eigenvalue weighted by molar-refractivity contribution is 4.93. The molecule has 1 aromatic heterocycles. The highest BCUT2D eigenvalue weighted by atomic mass is 16.5. The van der Waals surface area contributed by atoms with Crippen LogP contribution in [0.4, 0.5) is 0 Å². The average Bonchev–Trinajstić information content (AvgIpc) is 2.71. The second-order valence-electron chi connectivity index (χ2n) is 3.23. The summed E-state index contributed by atoms with van der Waals surface area (Å²) in [6.07, 6.45) is 2.05. The van der Waals surface area contributed by atoms with Crippen LogP contribution >= 0.6 is 0 Å². The third kappa shape index (κ3) is 1.71. The number of rotatable bonds is 2. The van der Waals surface area contributed by atoms with Crippen LogP contribution in [0.1, 0.15) is 30.7 Å². The van der Waals surface area contributed by atoms with E-state index in [4.69, 9.17) is 15.0 Å². The summed E-state index contributed by atoms with van der Waals surface area (Å²) in [5.41, 5.74) is 5.49. The molecule has 2 atom stereocenters. The maximum Gasteiger partial charge on any atom is 0.223 e. The molecular weight excluding hydrogens is 170 g/mol. The molecule has 1 aliphatic rings. The van der Waals surface area contributed by atoms with Crippen LogP contribution in [-0.4, -0.2) is 22.8 Å².